The third-order valence-corrected chi connectivity index (χ3v) is 7.02. The maximum Gasteiger partial charge on any atom is 0.242 e. The molecule has 2 aromatic rings. The van der Waals surface area contributed by atoms with Crippen molar-refractivity contribution in [3.63, 3.8) is 0 Å². The van der Waals surface area contributed by atoms with Gasteiger partial charge in [-0.25, -0.2) is 8.42 Å². The van der Waals surface area contributed by atoms with Crippen molar-refractivity contribution in [3.8, 4) is 5.75 Å². The highest BCUT2D eigenvalue weighted by atomic mass is 35.5. The number of hydrogen-bond acceptors (Lipinski definition) is 5. The van der Waals surface area contributed by atoms with Crippen molar-refractivity contribution in [2.24, 2.45) is 5.92 Å². The Balaban J connectivity index is 2.17. The average Bonchev–Trinajstić information content (AvgIpc) is 2.82. The van der Waals surface area contributed by atoms with E-state index in [1.54, 1.807) is 49.4 Å². The quantitative estimate of drug-likeness (QED) is 0.415. The number of nitrogens with zero attached hydrogens (tertiary/aromatic N) is 2. The first-order valence-electron chi connectivity index (χ1n) is 11.9. The van der Waals surface area contributed by atoms with Crippen LogP contribution in [0.2, 0.25) is 5.02 Å². The Morgan fingerprint density at radius 3 is 2.39 bits per heavy atom. The van der Waals surface area contributed by atoms with Crippen LogP contribution >= 0.6 is 11.6 Å². The number of amides is 2. The number of benzene rings is 2. The molecule has 0 heterocycles. The van der Waals surface area contributed by atoms with Crippen LogP contribution in [0.15, 0.2) is 48.5 Å². The van der Waals surface area contributed by atoms with Gasteiger partial charge >= 0.3 is 0 Å². The number of rotatable bonds is 13. The number of ether oxygens (including phenoxy) is 1. The van der Waals surface area contributed by atoms with Crippen LogP contribution < -0.4 is 14.4 Å². The van der Waals surface area contributed by atoms with Crippen LogP contribution in [0.25, 0.3) is 0 Å². The molecule has 0 aliphatic carbocycles. The molecule has 0 aliphatic rings. The second kappa shape index (κ2) is 13.5. The van der Waals surface area contributed by atoms with Crippen molar-refractivity contribution in [3.05, 3.63) is 59.1 Å². The number of hydrogen-bond donors (Lipinski definition) is 1. The van der Waals surface area contributed by atoms with Crippen LogP contribution in [0.5, 0.6) is 5.75 Å². The molecule has 0 unspecified atom stereocenters. The topological polar surface area (TPSA) is 96.0 Å². The Morgan fingerprint density at radius 2 is 1.78 bits per heavy atom. The fourth-order valence-corrected chi connectivity index (χ4v) is 4.81. The standard InChI is InChI=1S/C26H36ClN3O5S/c1-19(2)17-28-26(32)20(3)29(18-21-9-6-10-22(27)15-21)25(31)13-8-14-30(36(5,33)34)23-11-7-12-24(16-23)35-4/h6-7,9-12,15-16,19-20H,8,13-14,17-18H2,1-5H3,(H,28,32)/t20-/m0/s1. The lowest BCUT2D eigenvalue weighted by Crippen LogP contribution is -2.48. The van der Waals surface area contributed by atoms with E-state index in [4.69, 9.17) is 16.3 Å². The molecule has 1 N–H and O–H groups in total. The van der Waals surface area contributed by atoms with Crippen molar-refractivity contribution in [2.75, 3.05) is 30.8 Å². The maximum atomic E-state index is 13.3. The highest BCUT2D eigenvalue weighted by molar-refractivity contribution is 7.92. The number of anilines is 1. The van der Waals surface area contributed by atoms with Gasteiger partial charge in [-0.15, -0.1) is 0 Å². The molecule has 0 saturated carbocycles. The first-order valence-corrected chi connectivity index (χ1v) is 14.1. The van der Waals surface area contributed by atoms with Gasteiger partial charge in [0, 0.05) is 37.1 Å². The fraction of sp³-hybridized carbons (Fsp3) is 0.462. The van der Waals surface area contributed by atoms with Crippen molar-refractivity contribution in [2.45, 2.75) is 46.2 Å². The molecule has 8 nitrogen and oxygen atoms in total. The maximum absolute atomic E-state index is 13.3. The second-order valence-electron chi connectivity index (χ2n) is 9.11. The summed E-state index contributed by atoms with van der Waals surface area (Å²) in [7, 11) is -2.08. The average molecular weight is 538 g/mol. The monoisotopic (exact) mass is 537 g/mol. The number of halogens is 1. The Morgan fingerprint density at radius 1 is 1.08 bits per heavy atom. The zero-order valence-corrected chi connectivity index (χ0v) is 23.1. The summed E-state index contributed by atoms with van der Waals surface area (Å²) in [6.07, 6.45) is 1.47. The molecule has 0 aliphatic heterocycles. The summed E-state index contributed by atoms with van der Waals surface area (Å²) in [5.74, 6) is 0.317. The molecule has 2 rings (SSSR count). The molecular weight excluding hydrogens is 502 g/mol. The zero-order chi connectivity index (χ0) is 26.9. The van der Waals surface area contributed by atoms with Gasteiger partial charge in [-0.3, -0.25) is 13.9 Å². The third kappa shape index (κ3) is 9.02. The van der Waals surface area contributed by atoms with E-state index in [9.17, 15) is 18.0 Å². The number of carbonyl (C=O) groups excluding carboxylic acids is 2. The largest absolute Gasteiger partial charge is 0.497 e. The van der Waals surface area contributed by atoms with Gasteiger partial charge in [0.05, 0.1) is 19.1 Å². The molecule has 2 aromatic carbocycles. The number of sulfonamides is 1. The van der Waals surface area contributed by atoms with Gasteiger partial charge in [0.15, 0.2) is 0 Å². The summed E-state index contributed by atoms with van der Waals surface area (Å²) in [4.78, 5) is 27.6. The lowest BCUT2D eigenvalue weighted by atomic mass is 10.1. The van der Waals surface area contributed by atoms with E-state index in [2.05, 4.69) is 5.32 Å². The van der Waals surface area contributed by atoms with E-state index in [-0.39, 0.29) is 43.7 Å². The van der Waals surface area contributed by atoms with Crippen molar-refractivity contribution in [1.82, 2.24) is 10.2 Å². The summed E-state index contributed by atoms with van der Waals surface area (Å²) >= 11 is 6.12. The molecule has 0 spiro atoms. The van der Waals surface area contributed by atoms with Crippen molar-refractivity contribution < 1.29 is 22.7 Å². The molecule has 1 atom stereocenters. The van der Waals surface area contributed by atoms with Gasteiger partial charge in [-0.2, -0.15) is 0 Å². The van der Waals surface area contributed by atoms with Crippen LogP contribution in [0, 0.1) is 5.92 Å². The summed E-state index contributed by atoms with van der Waals surface area (Å²) in [6.45, 7) is 6.51. The minimum Gasteiger partial charge on any atom is -0.497 e. The Bertz CT molecular complexity index is 1140. The van der Waals surface area contributed by atoms with Crippen molar-refractivity contribution in [1.29, 1.82) is 0 Å². The van der Waals surface area contributed by atoms with Gasteiger partial charge in [-0.05, 0) is 49.1 Å². The van der Waals surface area contributed by atoms with E-state index < -0.39 is 16.1 Å². The molecule has 0 radical (unpaired) electrons. The molecule has 2 amide bonds. The predicted octanol–water partition coefficient (Wildman–Crippen LogP) is 4.08. The third-order valence-electron chi connectivity index (χ3n) is 5.59. The van der Waals surface area contributed by atoms with Gasteiger partial charge in [0.1, 0.15) is 11.8 Å². The summed E-state index contributed by atoms with van der Waals surface area (Å²) in [6, 6.07) is 13.2. The van der Waals surface area contributed by atoms with Crippen LogP contribution in [0.4, 0.5) is 5.69 Å². The Labute approximate surface area is 219 Å². The summed E-state index contributed by atoms with van der Waals surface area (Å²) < 4.78 is 31.4. The minimum atomic E-state index is -3.59. The molecule has 0 aromatic heterocycles. The zero-order valence-electron chi connectivity index (χ0n) is 21.5. The van der Waals surface area contributed by atoms with Gasteiger partial charge in [0.2, 0.25) is 21.8 Å². The van der Waals surface area contributed by atoms with Gasteiger partial charge in [0.25, 0.3) is 0 Å². The molecular formula is C26H36ClN3O5S. The Hall–Kier alpha value is -2.78. The number of carbonyl (C=O) groups is 2. The van der Waals surface area contributed by atoms with Crippen LogP contribution in [0.1, 0.15) is 39.2 Å². The van der Waals surface area contributed by atoms with E-state index >= 15 is 0 Å². The molecule has 0 saturated heterocycles. The smallest absolute Gasteiger partial charge is 0.242 e. The SMILES string of the molecule is COc1cccc(N(CCCC(=O)N(Cc2cccc(Cl)c2)[C@@H](C)C(=O)NCC(C)C)S(C)(=O)=O)c1. The normalized spacial score (nSPS) is 12.2. The van der Waals surface area contributed by atoms with Gasteiger partial charge in [-0.1, -0.05) is 43.6 Å². The summed E-state index contributed by atoms with van der Waals surface area (Å²) in [5, 5.41) is 3.42. The lowest BCUT2D eigenvalue weighted by Gasteiger charge is -2.29. The van der Waals surface area contributed by atoms with E-state index in [1.807, 2.05) is 19.9 Å². The molecule has 198 valence electrons. The van der Waals surface area contributed by atoms with Crippen LogP contribution in [-0.4, -0.2) is 57.6 Å². The first-order chi connectivity index (χ1) is 16.9. The minimum absolute atomic E-state index is 0.0678. The number of methoxy groups -OCH3 is 1. The van der Waals surface area contributed by atoms with E-state index in [0.717, 1.165) is 11.8 Å². The van der Waals surface area contributed by atoms with Gasteiger partial charge < -0.3 is 15.0 Å². The van der Waals surface area contributed by atoms with Crippen molar-refractivity contribution >= 4 is 39.1 Å². The summed E-state index contributed by atoms with van der Waals surface area (Å²) in [5.41, 5.74) is 1.26. The highest BCUT2D eigenvalue weighted by Gasteiger charge is 2.27. The van der Waals surface area contributed by atoms with E-state index in [1.165, 1.54) is 16.3 Å². The predicted molar refractivity (Wildman–Crippen MR) is 144 cm³/mol. The fourth-order valence-electron chi connectivity index (χ4n) is 3.64. The number of nitrogens with one attached hydrogen (secondary N) is 1. The molecule has 10 heteroatoms. The first kappa shape index (κ1) is 29.5. The highest BCUT2D eigenvalue weighted by Crippen LogP contribution is 2.24. The second-order valence-corrected chi connectivity index (χ2v) is 11.4. The Kier molecular flexibility index (Phi) is 11.0. The molecule has 0 bridgehead atoms. The molecule has 0 fully saturated rings. The van der Waals surface area contributed by atoms with Crippen LogP contribution in [0.3, 0.4) is 0 Å². The van der Waals surface area contributed by atoms with E-state index in [0.29, 0.717) is 23.0 Å². The van der Waals surface area contributed by atoms with Crippen LogP contribution in [-0.2, 0) is 26.2 Å². The molecule has 36 heavy (non-hydrogen) atoms. The lowest BCUT2D eigenvalue weighted by molar-refractivity contribution is -0.140.